The van der Waals surface area contributed by atoms with Crippen molar-refractivity contribution < 1.29 is 0 Å². The summed E-state index contributed by atoms with van der Waals surface area (Å²) in [5, 5.41) is 3.09. The van der Waals surface area contributed by atoms with Crippen molar-refractivity contribution >= 4 is 0 Å². The molecule has 1 aromatic carbocycles. The molecular weight excluding hydrogens is 148 g/mol. The Morgan fingerprint density at radius 2 is 2.08 bits per heavy atom. The first-order valence-corrected chi connectivity index (χ1v) is 3.96. The first-order chi connectivity index (χ1) is 5.84. The lowest BCUT2D eigenvalue weighted by atomic mass is 10.1. The second kappa shape index (κ2) is 4.53. The van der Waals surface area contributed by atoms with E-state index in [4.69, 9.17) is 6.57 Å². The maximum atomic E-state index is 6.62. The zero-order chi connectivity index (χ0) is 8.81. The fraction of sp³-hybridized carbons (Fsp3) is 0.300. The van der Waals surface area contributed by atoms with Gasteiger partial charge in [0.25, 0.3) is 6.67 Å². The number of nitrogens with one attached hydrogen (secondary N) is 1. The van der Waals surface area contributed by atoms with E-state index in [1.807, 2.05) is 18.2 Å². The number of nitrogens with zero attached hydrogens (tertiary/aromatic N) is 1. The summed E-state index contributed by atoms with van der Waals surface area (Å²) < 4.78 is 0. The van der Waals surface area contributed by atoms with E-state index in [0.717, 1.165) is 0 Å². The molecule has 0 heterocycles. The Labute approximate surface area is 73.0 Å². The summed E-state index contributed by atoms with van der Waals surface area (Å²) in [5.74, 6) is 0. The van der Waals surface area contributed by atoms with Crippen LogP contribution in [0.25, 0.3) is 4.85 Å². The smallest absolute Gasteiger partial charge is 0.268 e. The molecule has 0 saturated carbocycles. The molecule has 0 unspecified atom stereocenters. The minimum atomic E-state index is 0.264. The normalized spacial score (nSPS) is 12.0. The van der Waals surface area contributed by atoms with Crippen LogP contribution in [0.2, 0.25) is 0 Å². The van der Waals surface area contributed by atoms with Gasteiger partial charge in [-0.05, 0) is 12.5 Å². The third-order valence-corrected chi connectivity index (χ3v) is 1.78. The van der Waals surface area contributed by atoms with Crippen molar-refractivity contribution in [2.75, 3.05) is 6.67 Å². The average molecular weight is 160 g/mol. The standard InChI is InChI=1S/C10H12N2/c1-9(12-8-11-2)10-6-4-3-5-7-10/h3-7,9,12H,8H2,1H3/t9-/m0/s1. The summed E-state index contributed by atoms with van der Waals surface area (Å²) in [6.07, 6.45) is 0. The monoisotopic (exact) mass is 160 g/mol. The highest BCUT2D eigenvalue weighted by Gasteiger charge is 2.02. The van der Waals surface area contributed by atoms with Crippen molar-refractivity contribution in [3.8, 4) is 0 Å². The molecule has 1 rings (SSSR count). The molecule has 0 aromatic heterocycles. The second-order valence-corrected chi connectivity index (χ2v) is 2.65. The van der Waals surface area contributed by atoms with Crippen LogP contribution < -0.4 is 5.32 Å². The van der Waals surface area contributed by atoms with Gasteiger partial charge in [-0.2, -0.15) is 0 Å². The number of hydrogen-bond donors (Lipinski definition) is 1. The second-order valence-electron chi connectivity index (χ2n) is 2.65. The lowest BCUT2D eigenvalue weighted by molar-refractivity contribution is 0.616. The zero-order valence-corrected chi connectivity index (χ0v) is 7.12. The van der Waals surface area contributed by atoms with Gasteiger partial charge in [-0.25, -0.2) is 11.9 Å². The molecule has 0 amide bonds. The summed E-state index contributed by atoms with van der Waals surface area (Å²) in [7, 11) is 0. The SMILES string of the molecule is [C-]#[N+]CN[C@@H](C)c1ccccc1. The van der Waals surface area contributed by atoms with Crippen molar-refractivity contribution in [2.45, 2.75) is 13.0 Å². The van der Waals surface area contributed by atoms with E-state index >= 15 is 0 Å². The predicted molar refractivity (Wildman–Crippen MR) is 49.5 cm³/mol. The zero-order valence-electron chi connectivity index (χ0n) is 7.12. The minimum absolute atomic E-state index is 0.264. The minimum Gasteiger partial charge on any atom is -0.300 e. The Balaban J connectivity index is 2.55. The molecule has 0 aliphatic rings. The van der Waals surface area contributed by atoms with Gasteiger partial charge in [-0.3, -0.25) is 4.85 Å². The number of hydrogen-bond acceptors (Lipinski definition) is 1. The van der Waals surface area contributed by atoms with Crippen molar-refractivity contribution in [3.05, 3.63) is 47.3 Å². The van der Waals surface area contributed by atoms with Crippen LogP contribution in [0, 0.1) is 6.57 Å². The summed E-state index contributed by atoms with van der Waals surface area (Å²) >= 11 is 0. The first-order valence-electron chi connectivity index (χ1n) is 3.96. The van der Waals surface area contributed by atoms with E-state index in [1.165, 1.54) is 5.56 Å². The molecule has 12 heavy (non-hydrogen) atoms. The highest BCUT2D eigenvalue weighted by molar-refractivity contribution is 5.17. The van der Waals surface area contributed by atoms with Gasteiger partial charge in [0.05, 0.1) is 0 Å². The van der Waals surface area contributed by atoms with Crippen LogP contribution in [0.5, 0.6) is 0 Å². The van der Waals surface area contributed by atoms with E-state index in [2.05, 4.69) is 29.2 Å². The van der Waals surface area contributed by atoms with Crippen LogP contribution in [0.15, 0.2) is 30.3 Å². The molecule has 0 radical (unpaired) electrons. The van der Waals surface area contributed by atoms with E-state index in [0.29, 0.717) is 6.67 Å². The van der Waals surface area contributed by atoms with Gasteiger partial charge in [0, 0.05) is 6.04 Å². The Bertz CT molecular complexity index is 261. The van der Waals surface area contributed by atoms with Crippen LogP contribution in [0.1, 0.15) is 18.5 Å². The lowest BCUT2D eigenvalue weighted by Gasteiger charge is -2.08. The molecule has 0 aliphatic carbocycles. The third kappa shape index (κ3) is 2.37. The van der Waals surface area contributed by atoms with E-state index in [1.54, 1.807) is 0 Å². The molecule has 1 atom stereocenters. The Morgan fingerprint density at radius 3 is 2.67 bits per heavy atom. The molecular formula is C10H12N2. The van der Waals surface area contributed by atoms with Gasteiger partial charge >= 0.3 is 0 Å². The van der Waals surface area contributed by atoms with Gasteiger partial charge in [-0.15, -0.1) is 0 Å². The third-order valence-electron chi connectivity index (χ3n) is 1.78. The summed E-state index contributed by atoms with van der Waals surface area (Å²) in [6.45, 7) is 9.06. The highest BCUT2D eigenvalue weighted by atomic mass is 15.0. The summed E-state index contributed by atoms with van der Waals surface area (Å²) in [4.78, 5) is 3.24. The molecule has 0 aliphatic heterocycles. The Hall–Kier alpha value is -1.33. The molecule has 2 heteroatoms. The molecule has 1 N–H and O–H groups in total. The van der Waals surface area contributed by atoms with Crippen LogP contribution in [0.4, 0.5) is 0 Å². The Kier molecular flexibility index (Phi) is 3.31. The fourth-order valence-electron chi connectivity index (χ4n) is 1.04. The van der Waals surface area contributed by atoms with E-state index < -0.39 is 0 Å². The molecule has 62 valence electrons. The van der Waals surface area contributed by atoms with Gasteiger partial charge in [-0.1, -0.05) is 30.3 Å². The van der Waals surface area contributed by atoms with Gasteiger partial charge in [0.15, 0.2) is 0 Å². The van der Waals surface area contributed by atoms with E-state index in [9.17, 15) is 0 Å². The van der Waals surface area contributed by atoms with Crippen LogP contribution in [0.3, 0.4) is 0 Å². The van der Waals surface area contributed by atoms with Gasteiger partial charge in [0.1, 0.15) is 0 Å². The fourth-order valence-corrected chi connectivity index (χ4v) is 1.04. The number of benzene rings is 1. The number of rotatable bonds is 3. The molecule has 0 bridgehead atoms. The van der Waals surface area contributed by atoms with E-state index in [-0.39, 0.29) is 6.04 Å². The van der Waals surface area contributed by atoms with Gasteiger partial charge in [0.2, 0.25) is 0 Å². The molecule has 2 nitrogen and oxygen atoms in total. The van der Waals surface area contributed by atoms with Crippen molar-refractivity contribution in [1.29, 1.82) is 0 Å². The molecule has 0 fully saturated rings. The molecule has 0 spiro atoms. The predicted octanol–water partition coefficient (Wildman–Crippen LogP) is 2.21. The first kappa shape index (κ1) is 8.76. The van der Waals surface area contributed by atoms with Crippen LogP contribution in [-0.4, -0.2) is 6.67 Å². The topological polar surface area (TPSA) is 16.4 Å². The van der Waals surface area contributed by atoms with Crippen molar-refractivity contribution in [2.24, 2.45) is 0 Å². The lowest BCUT2D eigenvalue weighted by Crippen LogP contribution is -2.17. The van der Waals surface area contributed by atoms with Crippen LogP contribution >= 0.6 is 0 Å². The van der Waals surface area contributed by atoms with Crippen LogP contribution in [-0.2, 0) is 0 Å². The molecule has 0 saturated heterocycles. The summed E-state index contributed by atoms with van der Waals surface area (Å²) in [6, 6.07) is 10.4. The maximum absolute atomic E-state index is 6.62. The Morgan fingerprint density at radius 1 is 1.42 bits per heavy atom. The van der Waals surface area contributed by atoms with Gasteiger partial charge < -0.3 is 0 Å². The maximum Gasteiger partial charge on any atom is 0.268 e. The quantitative estimate of drug-likeness (QED) is 0.670. The average Bonchev–Trinajstić information content (AvgIpc) is 2.15. The van der Waals surface area contributed by atoms with Crippen molar-refractivity contribution in [3.63, 3.8) is 0 Å². The largest absolute Gasteiger partial charge is 0.300 e. The highest BCUT2D eigenvalue weighted by Crippen LogP contribution is 2.10. The molecule has 1 aromatic rings. The summed E-state index contributed by atoms with van der Waals surface area (Å²) in [5.41, 5.74) is 1.22. The van der Waals surface area contributed by atoms with Crippen molar-refractivity contribution in [1.82, 2.24) is 5.32 Å².